The zero-order valence-electron chi connectivity index (χ0n) is 14.6. The molecule has 0 aliphatic heterocycles. The van der Waals surface area contributed by atoms with Crippen LogP contribution in [0.4, 0.5) is 0 Å². The monoisotopic (exact) mass is 470 g/mol. The van der Waals surface area contributed by atoms with Crippen molar-refractivity contribution in [2.45, 2.75) is 32.9 Å². The highest BCUT2D eigenvalue weighted by Crippen LogP contribution is 2.17. The Morgan fingerprint density at radius 2 is 2.04 bits per heavy atom. The Bertz CT molecular complexity index is 805. The van der Waals surface area contributed by atoms with Crippen molar-refractivity contribution in [1.82, 2.24) is 25.0 Å². The van der Waals surface area contributed by atoms with Gasteiger partial charge in [0.1, 0.15) is 10.7 Å². The van der Waals surface area contributed by atoms with E-state index in [9.17, 15) is 0 Å². The maximum atomic E-state index is 4.62. The number of fused-ring (bicyclic) bond motifs is 1. The molecule has 0 spiro atoms. The molecule has 0 atom stereocenters. The Hall–Kier alpha value is -1.68. The van der Waals surface area contributed by atoms with E-state index in [0.717, 1.165) is 28.0 Å². The van der Waals surface area contributed by atoms with Gasteiger partial charge in [-0.2, -0.15) is 0 Å². The van der Waals surface area contributed by atoms with E-state index in [1.165, 1.54) is 0 Å². The summed E-state index contributed by atoms with van der Waals surface area (Å²) in [4.78, 5) is 13.4. The fourth-order valence-electron chi connectivity index (χ4n) is 2.30. The molecule has 134 valence electrons. The molecule has 0 bridgehead atoms. The van der Waals surface area contributed by atoms with E-state index in [0.29, 0.717) is 19.0 Å². The predicted molar refractivity (Wildman–Crippen MR) is 114 cm³/mol. The summed E-state index contributed by atoms with van der Waals surface area (Å²) in [5.41, 5.74) is 3.06. The first-order chi connectivity index (χ1) is 11.7. The van der Waals surface area contributed by atoms with Crippen molar-refractivity contribution in [2.75, 3.05) is 7.05 Å². The third kappa shape index (κ3) is 5.15. The number of pyridine rings is 1. The lowest BCUT2D eigenvalue weighted by molar-refractivity contribution is 0.780. The molecule has 0 unspecified atom stereocenters. The van der Waals surface area contributed by atoms with Crippen LogP contribution in [0.2, 0.25) is 0 Å². The Morgan fingerprint density at radius 3 is 2.72 bits per heavy atom. The van der Waals surface area contributed by atoms with Crippen LogP contribution in [0, 0.1) is 0 Å². The summed E-state index contributed by atoms with van der Waals surface area (Å²) in [6, 6.07) is 5.97. The van der Waals surface area contributed by atoms with Gasteiger partial charge in [0.05, 0.1) is 24.5 Å². The summed E-state index contributed by atoms with van der Waals surface area (Å²) in [6.45, 7) is 5.60. The maximum Gasteiger partial charge on any atom is 0.191 e. The lowest BCUT2D eigenvalue weighted by Gasteiger charge is -2.09. The van der Waals surface area contributed by atoms with Crippen LogP contribution in [-0.2, 0) is 13.1 Å². The number of guanidine groups is 1. The molecule has 25 heavy (non-hydrogen) atoms. The first kappa shape index (κ1) is 19.6. The highest BCUT2D eigenvalue weighted by molar-refractivity contribution is 14.0. The predicted octanol–water partition coefficient (Wildman–Crippen LogP) is 3.40. The molecule has 0 saturated carbocycles. The second-order valence-corrected chi connectivity index (χ2v) is 6.74. The Kier molecular flexibility index (Phi) is 7.18. The molecule has 0 saturated heterocycles. The molecule has 8 heteroatoms. The molecule has 0 radical (unpaired) electrons. The van der Waals surface area contributed by atoms with Crippen molar-refractivity contribution >= 4 is 46.9 Å². The maximum absolute atomic E-state index is 4.62. The van der Waals surface area contributed by atoms with Crippen LogP contribution >= 0.6 is 35.3 Å². The molecular weight excluding hydrogens is 447 g/mol. The fourth-order valence-corrected chi connectivity index (χ4v) is 3.19. The molecule has 2 N–H and O–H groups in total. The third-order valence-electron chi connectivity index (χ3n) is 3.64. The number of thiazole rings is 1. The van der Waals surface area contributed by atoms with Crippen molar-refractivity contribution in [3.8, 4) is 0 Å². The lowest BCUT2D eigenvalue weighted by atomic mass is 10.2. The van der Waals surface area contributed by atoms with Crippen molar-refractivity contribution in [2.24, 2.45) is 4.99 Å². The topological polar surface area (TPSA) is 66.6 Å². The van der Waals surface area contributed by atoms with E-state index in [1.807, 2.05) is 35.0 Å². The molecule has 0 fully saturated rings. The number of hydrogen-bond donors (Lipinski definition) is 2. The summed E-state index contributed by atoms with van der Waals surface area (Å²) in [7, 11) is 1.76. The first-order valence-electron chi connectivity index (χ1n) is 7.97. The van der Waals surface area contributed by atoms with Gasteiger partial charge in [0.2, 0.25) is 0 Å². The van der Waals surface area contributed by atoms with Gasteiger partial charge in [-0.25, -0.2) is 9.97 Å². The van der Waals surface area contributed by atoms with E-state index in [1.54, 1.807) is 18.4 Å². The van der Waals surface area contributed by atoms with Gasteiger partial charge in [0, 0.05) is 24.8 Å². The van der Waals surface area contributed by atoms with Crippen LogP contribution in [-0.4, -0.2) is 27.4 Å². The van der Waals surface area contributed by atoms with E-state index in [2.05, 4.69) is 44.8 Å². The van der Waals surface area contributed by atoms with E-state index >= 15 is 0 Å². The molecule has 0 aliphatic carbocycles. The first-order valence-corrected chi connectivity index (χ1v) is 8.85. The highest BCUT2D eigenvalue weighted by atomic mass is 127. The van der Waals surface area contributed by atoms with Gasteiger partial charge in [-0.3, -0.25) is 4.99 Å². The van der Waals surface area contributed by atoms with Crippen molar-refractivity contribution < 1.29 is 0 Å². The molecule has 6 nitrogen and oxygen atoms in total. The number of aliphatic imine (C=N–C) groups is 1. The minimum absolute atomic E-state index is 0. The number of nitrogens with one attached hydrogen (secondary N) is 2. The summed E-state index contributed by atoms with van der Waals surface area (Å²) in [6.07, 6.45) is 4.01. The molecule has 3 heterocycles. The van der Waals surface area contributed by atoms with Crippen LogP contribution in [0.1, 0.15) is 36.2 Å². The minimum atomic E-state index is 0. The number of imidazole rings is 1. The molecule has 3 rings (SSSR count). The van der Waals surface area contributed by atoms with Gasteiger partial charge >= 0.3 is 0 Å². The largest absolute Gasteiger partial charge is 0.351 e. The van der Waals surface area contributed by atoms with Crippen molar-refractivity contribution in [3.05, 3.63) is 52.4 Å². The SMILES string of the molecule is CN=C(NCc1cn2ccccc2n1)NCc1nc(C(C)C)cs1.I. The number of halogens is 1. The van der Waals surface area contributed by atoms with Crippen LogP contribution < -0.4 is 10.6 Å². The molecular formula is C17H23IN6S. The average molecular weight is 470 g/mol. The van der Waals surface area contributed by atoms with Crippen LogP contribution in [0.25, 0.3) is 5.65 Å². The Labute approximate surface area is 168 Å². The van der Waals surface area contributed by atoms with Crippen LogP contribution in [0.5, 0.6) is 0 Å². The third-order valence-corrected chi connectivity index (χ3v) is 4.51. The summed E-state index contributed by atoms with van der Waals surface area (Å²) >= 11 is 1.68. The number of aromatic nitrogens is 3. The van der Waals surface area contributed by atoms with Crippen molar-refractivity contribution in [1.29, 1.82) is 0 Å². The summed E-state index contributed by atoms with van der Waals surface area (Å²) < 4.78 is 2.01. The van der Waals surface area contributed by atoms with E-state index in [4.69, 9.17) is 0 Å². The van der Waals surface area contributed by atoms with Crippen LogP contribution in [0.3, 0.4) is 0 Å². The number of nitrogens with zero attached hydrogens (tertiary/aromatic N) is 4. The zero-order valence-corrected chi connectivity index (χ0v) is 17.7. The summed E-state index contributed by atoms with van der Waals surface area (Å²) in [5, 5.41) is 9.76. The van der Waals surface area contributed by atoms with Crippen LogP contribution in [0.15, 0.2) is 41.0 Å². The van der Waals surface area contributed by atoms with Gasteiger partial charge in [0.15, 0.2) is 5.96 Å². The smallest absolute Gasteiger partial charge is 0.191 e. The number of rotatable bonds is 5. The molecule has 0 aromatic carbocycles. The molecule has 0 aliphatic rings. The zero-order chi connectivity index (χ0) is 16.9. The standard InChI is InChI=1S/C17H22N6S.HI/c1-12(2)14-11-24-16(22-14)9-20-17(18-3)19-8-13-10-23-7-5-4-6-15(23)21-13;/h4-7,10-12H,8-9H2,1-3H3,(H2,18,19,20);1H. The average Bonchev–Trinajstić information content (AvgIpc) is 3.21. The fraction of sp³-hybridized carbons (Fsp3) is 0.353. The van der Waals surface area contributed by atoms with Gasteiger partial charge in [-0.1, -0.05) is 19.9 Å². The Balaban J connectivity index is 0.00000225. The van der Waals surface area contributed by atoms with Gasteiger partial charge in [-0.15, -0.1) is 35.3 Å². The Morgan fingerprint density at radius 1 is 1.24 bits per heavy atom. The normalized spacial score (nSPS) is 11.6. The van der Waals surface area contributed by atoms with Gasteiger partial charge < -0.3 is 15.0 Å². The quantitative estimate of drug-likeness (QED) is 0.341. The molecule has 3 aromatic rings. The van der Waals surface area contributed by atoms with Gasteiger partial charge in [0.25, 0.3) is 0 Å². The second kappa shape index (κ2) is 9.14. The number of hydrogen-bond acceptors (Lipinski definition) is 4. The highest BCUT2D eigenvalue weighted by Gasteiger charge is 2.07. The van der Waals surface area contributed by atoms with E-state index in [-0.39, 0.29) is 24.0 Å². The molecule has 0 amide bonds. The van der Waals surface area contributed by atoms with Gasteiger partial charge in [-0.05, 0) is 18.1 Å². The lowest BCUT2D eigenvalue weighted by Crippen LogP contribution is -2.36. The molecule has 3 aromatic heterocycles. The van der Waals surface area contributed by atoms with E-state index < -0.39 is 0 Å². The minimum Gasteiger partial charge on any atom is -0.351 e. The second-order valence-electron chi connectivity index (χ2n) is 5.80. The van der Waals surface area contributed by atoms with Crippen molar-refractivity contribution in [3.63, 3.8) is 0 Å². The summed E-state index contributed by atoms with van der Waals surface area (Å²) in [5.74, 6) is 1.20.